The summed E-state index contributed by atoms with van der Waals surface area (Å²) in [7, 11) is 0. The first-order chi connectivity index (χ1) is 11.2. The van der Waals surface area contributed by atoms with Gasteiger partial charge in [0.25, 0.3) is 0 Å². The van der Waals surface area contributed by atoms with Crippen LogP contribution in [0.4, 0.5) is 16.2 Å². The Morgan fingerprint density at radius 1 is 1.04 bits per heavy atom. The van der Waals surface area contributed by atoms with Crippen LogP contribution >= 0.6 is 0 Å². The summed E-state index contributed by atoms with van der Waals surface area (Å²) in [4.78, 5) is 16.3. The molecule has 3 rings (SSSR count). The summed E-state index contributed by atoms with van der Waals surface area (Å²) in [5.74, 6) is 0. The number of anilines is 2. The molecule has 2 N–H and O–H groups in total. The zero-order valence-corrected chi connectivity index (χ0v) is 12.8. The second kappa shape index (κ2) is 6.41. The van der Waals surface area contributed by atoms with Crippen molar-refractivity contribution in [2.24, 2.45) is 0 Å². The zero-order valence-electron chi connectivity index (χ0n) is 12.8. The number of benzene rings is 2. The predicted octanol–water partition coefficient (Wildman–Crippen LogP) is 2.97. The van der Waals surface area contributed by atoms with Crippen LogP contribution < -0.4 is 10.6 Å². The van der Waals surface area contributed by atoms with Gasteiger partial charge < -0.3 is 10.6 Å². The minimum Gasteiger partial charge on any atom is -0.399 e. The van der Waals surface area contributed by atoms with Gasteiger partial charge in [-0.3, -0.25) is 4.90 Å². The summed E-state index contributed by atoms with van der Waals surface area (Å²) in [6, 6.07) is 16.8. The molecule has 5 heteroatoms. The van der Waals surface area contributed by atoms with Crippen LogP contribution in [0, 0.1) is 11.3 Å². The maximum atomic E-state index is 12.7. The zero-order chi connectivity index (χ0) is 16.2. The van der Waals surface area contributed by atoms with Crippen LogP contribution in [0.2, 0.25) is 0 Å². The molecule has 5 nitrogen and oxygen atoms in total. The Morgan fingerprint density at radius 2 is 1.74 bits per heavy atom. The third kappa shape index (κ3) is 3.27. The Hall–Kier alpha value is -3.00. The summed E-state index contributed by atoms with van der Waals surface area (Å²) in [6.45, 7) is 2.01. The fourth-order valence-corrected chi connectivity index (χ4v) is 2.73. The molecule has 1 aliphatic heterocycles. The number of nitriles is 1. The number of urea groups is 1. The first-order valence-electron chi connectivity index (χ1n) is 7.58. The van der Waals surface area contributed by atoms with Gasteiger partial charge >= 0.3 is 6.03 Å². The van der Waals surface area contributed by atoms with E-state index in [1.54, 1.807) is 17.0 Å². The maximum Gasteiger partial charge on any atom is 0.324 e. The van der Waals surface area contributed by atoms with Crippen molar-refractivity contribution in [1.82, 2.24) is 4.90 Å². The van der Waals surface area contributed by atoms with Gasteiger partial charge in [0, 0.05) is 31.0 Å². The molecule has 1 aliphatic rings. The van der Waals surface area contributed by atoms with Gasteiger partial charge in [-0.05, 0) is 48.4 Å². The lowest BCUT2D eigenvalue weighted by molar-refractivity contribution is 0.192. The van der Waals surface area contributed by atoms with E-state index < -0.39 is 0 Å². The SMILES string of the molecule is N#Cc1ccc(CN2CCCN(c3ccc(N)cc3)C2=O)cc1. The number of nitrogens with two attached hydrogens (primary N) is 1. The molecule has 0 radical (unpaired) electrons. The minimum absolute atomic E-state index is 0.00498. The lowest BCUT2D eigenvalue weighted by Crippen LogP contribution is -2.49. The van der Waals surface area contributed by atoms with E-state index in [0.29, 0.717) is 24.3 Å². The molecule has 0 spiro atoms. The standard InChI is InChI=1S/C18H18N4O/c19-12-14-2-4-15(5-3-14)13-21-10-1-11-22(18(21)23)17-8-6-16(20)7-9-17/h2-9H,1,10-11,13,20H2. The minimum atomic E-state index is 0.00498. The Bertz CT molecular complexity index is 731. The van der Waals surface area contributed by atoms with Gasteiger partial charge in [0.15, 0.2) is 0 Å². The molecule has 1 saturated heterocycles. The van der Waals surface area contributed by atoms with Crippen molar-refractivity contribution in [1.29, 1.82) is 5.26 Å². The van der Waals surface area contributed by atoms with Crippen molar-refractivity contribution in [2.45, 2.75) is 13.0 Å². The fraction of sp³-hybridized carbons (Fsp3) is 0.222. The highest BCUT2D eigenvalue weighted by Gasteiger charge is 2.26. The van der Waals surface area contributed by atoms with Gasteiger partial charge in [0.1, 0.15) is 0 Å². The van der Waals surface area contributed by atoms with Crippen LogP contribution in [-0.2, 0) is 6.54 Å². The Kier molecular flexibility index (Phi) is 4.15. The summed E-state index contributed by atoms with van der Waals surface area (Å²) < 4.78 is 0. The summed E-state index contributed by atoms with van der Waals surface area (Å²) >= 11 is 0. The van der Waals surface area contributed by atoms with E-state index in [4.69, 9.17) is 11.0 Å². The van der Waals surface area contributed by atoms with Gasteiger partial charge in [-0.15, -0.1) is 0 Å². The Morgan fingerprint density at radius 3 is 2.39 bits per heavy atom. The van der Waals surface area contributed by atoms with Crippen LogP contribution in [0.3, 0.4) is 0 Å². The largest absolute Gasteiger partial charge is 0.399 e. The molecule has 0 aromatic heterocycles. The molecule has 23 heavy (non-hydrogen) atoms. The van der Waals surface area contributed by atoms with E-state index in [2.05, 4.69) is 6.07 Å². The topological polar surface area (TPSA) is 73.4 Å². The first kappa shape index (κ1) is 14.9. The molecule has 0 unspecified atom stereocenters. The average molecular weight is 306 g/mol. The lowest BCUT2D eigenvalue weighted by Gasteiger charge is -2.35. The molecule has 0 atom stereocenters. The van der Waals surface area contributed by atoms with Crippen molar-refractivity contribution < 1.29 is 4.79 Å². The summed E-state index contributed by atoms with van der Waals surface area (Å²) in [5.41, 5.74) is 8.92. The van der Waals surface area contributed by atoms with E-state index >= 15 is 0 Å². The second-order valence-electron chi connectivity index (χ2n) is 5.61. The Balaban J connectivity index is 1.74. The second-order valence-corrected chi connectivity index (χ2v) is 5.61. The predicted molar refractivity (Wildman–Crippen MR) is 89.8 cm³/mol. The van der Waals surface area contributed by atoms with Gasteiger partial charge in [0.2, 0.25) is 0 Å². The molecule has 2 amide bonds. The number of rotatable bonds is 3. The molecule has 0 aliphatic carbocycles. The smallest absolute Gasteiger partial charge is 0.324 e. The van der Waals surface area contributed by atoms with Crippen LogP contribution in [0.5, 0.6) is 0 Å². The quantitative estimate of drug-likeness (QED) is 0.886. The molecule has 0 bridgehead atoms. The van der Waals surface area contributed by atoms with Crippen molar-refractivity contribution in [3.05, 3.63) is 59.7 Å². The molecular formula is C18H18N4O. The number of hydrogen-bond donors (Lipinski definition) is 1. The highest BCUT2D eigenvalue weighted by molar-refractivity contribution is 5.92. The van der Waals surface area contributed by atoms with E-state index in [9.17, 15) is 4.79 Å². The third-order valence-electron chi connectivity index (χ3n) is 3.97. The van der Waals surface area contributed by atoms with Crippen LogP contribution in [0.15, 0.2) is 48.5 Å². The van der Waals surface area contributed by atoms with Crippen LogP contribution in [0.25, 0.3) is 0 Å². The normalized spacial score (nSPS) is 14.7. The van der Waals surface area contributed by atoms with Crippen molar-refractivity contribution >= 4 is 17.4 Å². The molecule has 2 aromatic carbocycles. The third-order valence-corrected chi connectivity index (χ3v) is 3.97. The molecule has 1 heterocycles. The number of hydrogen-bond acceptors (Lipinski definition) is 3. The van der Waals surface area contributed by atoms with Crippen LogP contribution in [-0.4, -0.2) is 24.0 Å². The first-order valence-corrected chi connectivity index (χ1v) is 7.58. The van der Waals surface area contributed by atoms with E-state index in [1.807, 2.05) is 41.3 Å². The summed E-state index contributed by atoms with van der Waals surface area (Å²) in [6.07, 6.45) is 0.923. The van der Waals surface area contributed by atoms with Gasteiger partial charge in [-0.1, -0.05) is 12.1 Å². The number of carbonyl (C=O) groups excluding carboxylic acids is 1. The number of nitrogens with zero attached hydrogens (tertiary/aromatic N) is 3. The van der Waals surface area contributed by atoms with Crippen molar-refractivity contribution in [3.8, 4) is 6.07 Å². The molecular weight excluding hydrogens is 288 g/mol. The lowest BCUT2D eigenvalue weighted by atomic mass is 10.1. The monoisotopic (exact) mass is 306 g/mol. The molecule has 1 fully saturated rings. The molecule has 116 valence electrons. The van der Waals surface area contributed by atoms with Gasteiger partial charge in [0.05, 0.1) is 11.6 Å². The van der Waals surface area contributed by atoms with Gasteiger partial charge in [-0.25, -0.2) is 4.79 Å². The summed E-state index contributed by atoms with van der Waals surface area (Å²) in [5, 5.41) is 8.84. The number of amides is 2. The van der Waals surface area contributed by atoms with Gasteiger partial charge in [-0.2, -0.15) is 5.26 Å². The van der Waals surface area contributed by atoms with Crippen LogP contribution in [0.1, 0.15) is 17.5 Å². The number of nitrogen functional groups attached to an aromatic ring is 1. The Labute approximate surface area is 135 Å². The highest BCUT2D eigenvalue weighted by Crippen LogP contribution is 2.22. The molecule has 0 saturated carbocycles. The van der Waals surface area contributed by atoms with E-state index in [1.165, 1.54) is 0 Å². The van der Waals surface area contributed by atoms with Crippen molar-refractivity contribution in [3.63, 3.8) is 0 Å². The van der Waals surface area contributed by atoms with E-state index in [0.717, 1.165) is 24.2 Å². The molecule has 2 aromatic rings. The highest BCUT2D eigenvalue weighted by atomic mass is 16.2. The maximum absolute atomic E-state index is 12.7. The van der Waals surface area contributed by atoms with Crippen molar-refractivity contribution in [2.75, 3.05) is 23.7 Å². The average Bonchev–Trinajstić information content (AvgIpc) is 2.58. The number of carbonyl (C=O) groups is 1. The van der Waals surface area contributed by atoms with E-state index in [-0.39, 0.29) is 6.03 Å². The fourth-order valence-electron chi connectivity index (χ4n) is 2.73.